The van der Waals surface area contributed by atoms with Gasteiger partial charge in [0.25, 0.3) is 11.8 Å². The summed E-state index contributed by atoms with van der Waals surface area (Å²) >= 11 is 2.09. The second-order valence-corrected chi connectivity index (χ2v) is 7.17. The van der Waals surface area contributed by atoms with Crippen LogP contribution in [0.15, 0.2) is 48.0 Å². The predicted molar refractivity (Wildman–Crippen MR) is 112 cm³/mol. The molecule has 0 unspecified atom stereocenters. The van der Waals surface area contributed by atoms with Gasteiger partial charge in [0.1, 0.15) is 11.3 Å². The zero-order chi connectivity index (χ0) is 21.1. The van der Waals surface area contributed by atoms with Gasteiger partial charge in [-0.2, -0.15) is 0 Å². The highest BCUT2D eigenvalue weighted by Gasteiger charge is 2.36. The highest BCUT2D eigenvalue weighted by molar-refractivity contribution is 14.1. The third-order valence-corrected chi connectivity index (χ3v) is 4.71. The van der Waals surface area contributed by atoms with Gasteiger partial charge in [0.05, 0.1) is 25.5 Å². The summed E-state index contributed by atoms with van der Waals surface area (Å²) in [7, 11) is 2.76. The fraction of sp³-hybridized carbons (Fsp3) is 0.100. The summed E-state index contributed by atoms with van der Waals surface area (Å²) in [5.74, 6) is -1.55. The van der Waals surface area contributed by atoms with Crippen LogP contribution in [0.2, 0.25) is 0 Å². The van der Waals surface area contributed by atoms with Crippen LogP contribution in [0.1, 0.15) is 15.9 Å². The number of halogens is 1. The van der Waals surface area contributed by atoms with Gasteiger partial charge in [0.2, 0.25) is 0 Å². The third kappa shape index (κ3) is 4.29. The molecule has 0 aromatic heterocycles. The molecule has 1 aliphatic heterocycles. The van der Waals surface area contributed by atoms with E-state index in [9.17, 15) is 19.2 Å². The Balaban J connectivity index is 1.98. The average molecular weight is 506 g/mol. The molecule has 0 radical (unpaired) electrons. The van der Waals surface area contributed by atoms with E-state index in [1.54, 1.807) is 18.2 Å². The van der Waals surface area contributed by atoms with Crippen molar-refractivity contribution in [2.75, 3.05) is 19.1 Å². The Kier molecular flexibility index (Phi) is 5.97. The molecule has 1 fully saturated rings. The SMILES string of the molecule is COC(=O)c1ccc(N2C(=O)NC(=O)/C(=C\c3cc(I)cc(OC)c3)C2=O)cc1. The van der Waals surface area contributed by atoms with E-state index in [1.165, 1.54) is 44.6 Å². The fourth-order valence-electron chi connectivity index (χ4n) is 2.71. The quantitative estimate of drug-likeness (QED) is 0.296. The summed E-state index contributed by atoms with van der Waals surface area (Å²) < 4.78 is 10.7. The van der Waals surface area contributed by atoms with Gasteiger partial charge in [-0.25, -0.2) is 14.5 Å². The number of urea groups is 1. The van der Waals surface area contributed by atoms with Crippen molar-refractivity contribution in [3.05, 3.63) is 62.7 Å². The molecule has 0 saturated carbocycles. The minimum absolute atomic E-state index is 0.203. The Hall–Kier alpha value is -3.21. The molecule has 2 aromatic carbocycles. The van der Waals surface area contributed by atoms with Crippen molar-refractivity contribution >= 4 is 58.2 Å². The number of amides is 4. The van der Waals surface area contributed by atoms with Gasteiger partial charge in [-0.1, -0.05) is 0 Å². The van der Waals surface area contributed by atoms with Gasteiger partial charge in [-0.15, -0.1) is 0 Å². The number of ether oxygens (including phenoxy) is 2. The number of carbonyl (C=O) groups is 4. The zero-order valence-corrected chi connectivity index (χ0v) is 17.6. The van der Waals surface area contributed by atoms with Crippen molar-refractivity contribution in [3.63, 3.8) is 0 Å². The number of anilines is 1. The van der Waals surface area contributed by atoms with E-state index in [4.69, 9.17) is 4.74 Å². The van der Waals surface area contributed by atoms with Crippen LogP contribution < -0.4 is 15.0 Å². The molecule has 29 heavy (non-hydrogen) atoms. The Morgan fingerprint density at radius 2 is 1.76 bits per heavy atom. The van der Waals surface area contributed by atoms with Crippen molar-refractivity contribution in [2.24, 2.45) is 0 Å². The van der Waals surface area contributed by atoms with Crippen molar-refractivity contribution in [1.82, 2.24) is 5.32 Å². The van der Waals surface area contributed by atoms with Crippen LogP contribution in [0.4, 0.5) is 10.5 Å². The largest absolute Gasteiger partial charge is 0.497 e. The lowest BCUT2D eigenvalue weighted by molar-refractivity contribution is -0.122. The first-order chi connectivity index (χ1) is 13.8. The van der Waals surface area contributed by atoms with E-state index in [1.807, 2.05) is 0 Å². The second kappa shape index (κ2) is 8.43. The molecule has 4 amide bonds. The predicted octanol–water partition coefficient (Wildman–Crippen LogP) is 2.75. The molecule has 0 atom stereocenters. The fourth-order valence-corrected chi connectivity index (χ4v) is 3.38. The number of benzene rings is 2. The molecule has 1 heterocycles. The second-order valence-electron chi connectivity index (χ2n) is 5.92. The van der Waals surface area contributed by atoms with Crippen molar-refractivity contribution in [1.29, 1.82) is 0 Å². The van der Waals surface area contributed by atoms with E-state index < -0.39 is 23.8 Å². The first kappa shape index (κ1) is 20.5. The van der Waals surface area contributed by atoms with E-state index in [-0.39, 0.29) is 16.8 Å². The normalized spacial score (nSPS) is 15.3. The topological polar surface area (TPSA) is 102 Å². The standard InChI is InChI=1S/C20H15IN2O6/c1-28-15-8-11(7-13(21)10-15)9-16-17(24)22-20(27)23(18(16)25)14-5-3-12(4-6-14)19(26)29-2/h3-10H,1-2H3,(H,22,24,27)/b16-9+. The van der Waals surface area contributed by atoms with Crippen LogP contribution in [0.25, 0.3) is 6.08 Å². The number of nitrogens with one attached hydrogen (secondary N) is 1. The molecule has 1 aliphatic rings. The van der Waals surface area contributed by atoms with E-state index >= 15 is 0 Å². The zero-order valence-electron chi connectivity index (χ0n) is 15.4. The number of hydrogen-bond donors (Lipinski definition) is 1. The number of rotatable bonds is 4. The average Bonchev–Trinajstić information content (AvgIpc) is 2.70. The Labute approximate surface area is 179 Å². The summed E-state index contributed by atoms with van der Waals surface area (Å²) in [5, 5.41) is 2.15. The molecule has 0 aliphatic carbocycles. The molecule has 8 nitrogen and oxygen atoms in total. The van der Waals surface area contributed by atoms with Gasteiger partial charge >= 0.3 is 12.0 Å². The van der Waals surface area contributed by atoms with Crippen LogP contribution in [-0.2, 0) is 14.3 Å². The third-order valence-electron chi connectivity index (χ3n) is 4.09. The number of esters is 1. The van der Waals surface area contributed by atoms with E-state index in [0.29, 0.717) is 11.3 Å². The van der Waals surface area contributed by atoms with Crippen LogP contribution >= 0.6 is 22.6 Å². The number of imide groups is 2. The maximum atomic E-state index is 12.9. The lowest BCUT2D eigenvalue weighted by Gasteiger charge is -2.26. The number of methoxy groups -OCH3 is 2. The van der Waals surface area contributed by atoms with Gasteiger partial charge in [0, 0.05) is 3.57 Å². The summed E-state index contributed by atoms with van der Waals surface area (Å²) in [5.41, 5.74) is 0.839. The summed E-state index contributed by atoms with van der Waals surface area (Å²) in [6, 6.07) is 10.0. The van der Waals surface area contributed by atoms with Gasteiger partial charge in [0.15, 0.2) is 0 Å². The first-order valence-corrected chi connectivity index (χ1v) is 9.36. The molecule has 9 heteroatoms. The molecular formula is C20H15IN2O6. The van der Waals surface area contributed by atoms with Crippen molar-refractivity contribution in [2.45, 2.75) is 0 Å². The van der Waals surface area contributed by atoms with Crippen LogP contribution in [0, 0.1) is 3.57 Å². The van der Waals surface area contributed by atoms with Gasteiger partial charge < -0.3 is 9.47 Å². The van der Waals surface area contributed by atoms with E-state index in [0.717, 1.165) is 8.47 Å². The van der Waals surface area contributed by atoms with Gasteiger partial charge in [-0.3, -0.25) is 14.9 Å². The number of barbiturate groups is 1. The monoisotopic (exact) mass is 506 g/mol. The molecule has 3 rings (SSSR count). The number of nitrogens with zero attached hydrogens (tertiary/aromatic N) is 1. The van der Waals surface area contributed by atoms with Crippen molar-refractivity contribution < 1.29 is 28.7 Å². The molecule has 1 N–H and O–H groups in total. The summed E-state index contributed by atoms with van der Waals surface area (Å²) in [6.07, 6.45) is 1.39. The lowest BCUT2D eigenvalue weighted by atomic mass is 10.1. The van der Waals surface area contributed by atoms with Gasteiger partial charge in [-0.05, 0) is 76.7 Å². The van der Waals surface area contributed by atoms with Crippen LogP contribution in [0.5, 0.6) is 5.75 Å². The van der Waals surface area contributed by atoms with Crippen LogP contribution in [-0.4, -0.2) is 38.0 Å². The van der Waals surface area contributed by atoms with Crippen molar-refractivity contribution in [3.8, 4) is 5.75 Å². The molecule has 1 saturated heterocycles. The molecule has 148 valence electrons. The summed E-state index contributed by atoms with van der Waals surface area (Å²) in [4.78, 5) is 49.9. The Morgan fingerprint density at radius 3 is 2.38 bits per heavy atom. The molecule has 0 bridgehead atoms. The maximum Gasteiger partial charge on any atom is 0.337 e. The Morgan fingerprint density at radius 1 is 1.07 bits per heavy atom. The van der Waals surface area contributed by atoms with Crippen LogP contribution in [0.3, 0.4) is 0 Å². The number of hydrogen-bond acceptors (Lipinski definition) is 6. The summed E-state index contributed by atoms with van der Waals surface area (Å²) in [6.45, 7) is 0. The maximum absolute atomic E-state index is 12.9. The molecule has 0 spiro atoms. The molecular weight excluding hydrogens is 491 g/mol. The minimum Gasteiger partial charge on any atom is -0.497 e. The highest BCUT2D eigenvalue weighted by Crippen LogP contribution is 2.25. The molecule has 2 aromatic rings. The van der Waals surface area contributed by atoms with E-state index in [2.05, 4.69) is 32.6 Å². The first-order valence-electron chi connectivity index (χ1n) is 8.28. The minimum atomic E-state index is -0.872. The Bertz CT molecular complexity index is 1050. The smallest absolute Gasteiger partial charge is 0.337 e. The lowest BCUT2D eigenvalue weighted by Crippen LogP contribution is -2.54. The number of carbonyl (C=O) groups excluding carboxylic acids is 4. The highest BCUT2D eigenvalue weighted by atomic mass is 127.